The van der Waals surface area contributed by atoms with E-state index < -0.39 is 0 Å². The summed E-state index contributed by atoms with van der Waals surface area (Å²) in [6.45, 7) is 14.6. The fourth-order valence-electron chi connectivity index (χ4n) is 2.48. The lowest BCUT2D eigenvalue weighted by molar-refractivity contribution is -0.121. The van der Waals surface area contributed by atoms with Crippen LogP contribution in [0.2, 0.25) is 0 Å². The molecule has 14 heavy (non-hydrogen) atoms. The van der Waals surface area contributed by atoms with Crippen LogP contribution >= 0.6 is 0 Å². The zero-order chi connectivity index (χ0) is 11.1. The van der Waals surface area contributed by atoms with Gasteiger partial charge in [0.2, 0.25) is 0 Å². The van der Waals surface area contributed by atoms with Crippen molar-refractivity contribution in [2.75, 3.05) is 0 Å². The van der Waals surface area contributed by atoms with Gasteiger partial charge in [-0.05, 0) is 24.2 Å². The molecular formula is C13H22O. The Kier molecular flexibility index (Phi) is 2.64. The van der Waals surface area contributed by atoms with Gasteiger partial charge in [0.15, 0.2) is 0 Å². The summed E-state index contributed by atoms with van der Waals surface area (Å²) in [5, 5.41) is 0. The molecule has 0 aromatic rings. The highest BCUT2D eigenvalue weighted by Gasteiger charge is 2.67. The highest BCUT2D eigenvalue weighted by atomic mass is 16.1. The minimum absolute atomic E-state index is 0.194. The Bertz CT molecular complexity index is 257. The van der Waals surface area contributed by atoms with Crippen molar-refractivity contribution in [1.82, 2.24) is 0 Å². The van der Waals surface area contributed by atoms with E-state index in [2.05, 4.69) is 34.3 Å². The van der Waals surface area contributed by atoms with E-state index in [0.717, 1.165) is 12.0 Å². The molecule has 0 heterocycles. The van der Waals surface area contributed by atoms with E-state index in [-0.39, 0.29) is 16.7 Å². The summed E-state index contributed by atoms with van der Waals surface area (Å²) in [5.41, 5.74) is 1.49. The monoisotopic (exact) mass is 194 g/mol. The van der Waals surface area contributed by atoms with Gasteiger partial charge in [-0.2, -0.15) is 0 Å². The molecule has 1 nitrogen and oxygen atoms in total. The molecule has 1 fully saturated rings. The number of allylic oxidation sites excluding steroid dienone is 1. The van der Waals surface area contributed by atoms with Crippen molar-refractivity contribution in [3.05, 3.63) is 12.2 Å². The van der Waals surface area contributed by atoms with E-state index in [1.807, 2.05) is 6.92 Å². The second kappa shape index (κ2) is 3.22. The van der Waals surface area contributed by atoms with Gasteiger partial charge >= 0.3 is 0 Å². The van der Waals surface area contributed by atoms with E-state index in [1.54, 1.807) is 0 Å². The van der Waals surface area contributed by atoms with Crippen molar-refractivity contribution >= 4 is 5.78 Å². The molecule has 1 aliphatic carbocycles. The summed E-state index contributed by atoms with van der Waals surface area (Å²) in [4.78, 5) is 11.9. The second-order valence-electron chi connectivity index (χ2n) is 5.80. The van der Waals surface area contributed by atoms with E-state index in [0.29, 0.717) is 12.2 Å². The molecule has 0 aliphatic heterocycles. The zero-order valence-corrected chi connectivity index (χ0v) is 10.1. The molecule has 0 amide bonds. The first kappa shape index (κ1) is 11.5. The Hall–Kier alpha value is -0.590. The van der Waals surface area contributed by atoms with Crippen LogP contribution in [0, 0.1) is 16.7 Å². The second-order valence-corrected chi connectivity index (χ2v) is 5.80. The SMILES string of the molecule is C=C(C)CCC(=O)C1C(C)(C)C1(C)C. The summed E-state index contributed by atoms with van der Waals surface area (Å²) in [6, 6.07) is 0. The van der Waals surface area contributed by atoms with Crippen LogP contribution in [0.3, 0.4) is 0 Å². The lowest BCUT2D eigenvalue weighted by Crippen LogP contribution is -2.06. The Balaban J connectivity index is 2.54. The number of hydrogen-bond donors (Lipinski definition) is 0. The first-order valence-electron chi connectivity index (χ1n) is 5.38. The van der Waals surface area contributed by atoms with Gasteiger partial charge in [-0.15, -0.1) is 6.58 Å². The molecule has 0 N–H and O–H groups in total. The maximum absolute atomic E-state index is 11.9. The van der Waals surface area contributed by atoms with E-state index in [9.17, 15) is 4.79 Å². The number of hydrogen-bond acceptors (Lipinski definition) is 1. The number of carbonyl (C=O) groups excluding carboxylic acids is 1. The third-order valence-electron chi connectivity index (χ3n) is 4.14. The fourth-order valence-corrected chi connectivity index (χ4v) is 2.48. The molecule has 0 radical (unpaired) electrons. The van der Waals surface area contributed by atoms with Crippen molar-refractivity contribution in [3.63, 3.8) is 0 Å². The Morgan fingerprint density at radius 2 is 1.57 bits per heavy atom. The van der Waals surface area contributed by atoms with E-state index >= 15 is 0 Å². The summed E-state index contributed by atoms with van der Waals surface area (Å²) in [5.74, 6) is 0.678. The smallest absolute Gasteiger partial charge is 0.137 e. The third kappa shape index (κ3) is 1.65. The zero-order valence-electron chi connectivity index (χ0n) is 10.1. The van der Waals surface area contributed by atoms with Gasteiger partial charge in [-0.3, -0.25) is 4.79 Å². The lowest BCUT2D eigenvalue weighted by Gasteiger charge is -2.03. The Labute approximate surface area is 87.6 Å². The van der Waals surface area contributed by atoms with Crippen LogP contribution in [0.1, 0.15) is 47.5 Å². The number of Topliss-reactive ketones (excluding diaryl/α,β-unsaturated/α-hetero) is 1. The average Bonchev–Trinajstić information content (AvgIpc) is 2.39. The normalized spacial score (nSPS) is 23.2. The molecule has 0 saturated heterocycles. The molecular weight excluding hydrogens is 172 g/mol. The highest BCUT2D eigenvalue weighted by molar-refractivity contribution is 5.86. The standard InChI is InChI=1S/C13H22O/c1-9(2)7-8-10(14)11-12(3,4)13(11,5)6/h11H,1,7-8H2,2-6H3. The number of ketones is 1. The van der Waals surface area contributed by atoms with Crippen LogP contribution in [0.15, 0.2) is 12.2 Å². The fraction of sp³-hybridized carbons (Fsp3) is 0.769. The first-order chi connectivity index (χ1) is 6.21. The summed E-state index contributed by atoms with van der Waals surface area (Å²) < 4.78 is 0. The topological polar surface area (TPSA) is 17.1 Å². The third-order valence-corrected chi connectivity index (χ3v) is 4.14. The van der Waals surface area contributed by atoms with Crippen molar-refractivity contribution in [2.24, 2.45) is 16.7 Å². The van der Waals surface area contributed by atoms with Gasteiger partial charge in [-0.25, -0.2) is 0 Å². The first-order valence-corrected chi connectivity index (χ1v) is 5.38. The Morgan fingerprint density at radius 3 is 1.86 bits per heavy atom. The number of rotatable bonds is 4. The van der Waals surface area contributed by atoms with Crippen molar-refractivity contribution in [2.45, 2.75) is 47.5 Å². The molecule has 1 aliphatic rings. The molecule has 1 heteroatoms. The lowest BCUT2D eigenvalue weighted by atomic mass is 10.0. The molecule has 1 rings (SSSR count). The van der Waals surface area contributed by atoms with E-state index in [4.69, 9.17) is 0 Å². The number of carbonyl (C=O) groups is 1. The van der Waals surface area contributed by atoms with Crippen molar-refractivity contribution < 1.29 is 4.79 Å². The van der Waals surface area contributed by atoms with Crippen LogP contribution in [0.25, 0.3) is 0 Å². The minimum Gasteiger partial charge on any atom is -0.299 e. The average molecular weight is 194 g/mol. The van der Waals surface area contributed by atoms with Crippen LogP contribution in [0.4, 0.5) is 0 Å². The molecule has 0 aromatic heterocycles. The predicted octanol–water partition coefficient (Wildman–Crippen LogP) is 3.59. The molecule has 0 bridgehead atoms. The van der Waals surface area contributed by atoms with Gasteiger partial charge in [0.05, 0.1) is 0 Å². The van der Waals surface area contributed by atoms with Gasteiger partial charge < -0.3 is 0 Å². The maximum atomic E-state index is 11.9. The van der Waals surface area contributed by atoms with Crippen molar-refractivity contribution in [3.8, 4) is 0 Å². The van der Waals surface area contributed by atoms with Gasteiger partial charge in [0, 0.05) is 12.3 Å². The van der Waals surface area contributed by atoms with Crippen LogP contribution < -0.4 is 0 Å². The highest BCUT2D eigenvalue weighted by Crippen LogP contribution is 2.68. The van der Waals surface area contributed by atoms with Crippen LogP contribution in [-0.4, -0.2) is 5.78 Å². The Morgan fingerprint density at radius 1 is 1.14 bits per heavy atom. The maximum Gasteiger partial charge on any atom is 0.137 e. The molecule has 0 aromatic carbocycles. The largest absolute Gasteiger partial charge is 0.299 e. The quantitative estimate of drug-likeness (QED) is 0.625. The van der Waals surface area contributed by atoms with E-state index in [1.165, 1.54) is 0 Å². The van der Waals surface area contributed by atoms with Crippen LogP contribution in [-0.2, 0) is 4.79 Å². The van der Waals surface area contributed by atoms with Crippen molar-refractivity contribution in [1.29, 1.82) is 0 Å². The summed E-state index contributed by atoms with van der Waals surface area (Å²) in [7, 11) is 0. The molecule has 0 atom stereocenters. The van der Waals surface area contributed by atoms with Gasteiger partial charge in [0.25, 0.3) is 0 Å². The molecule has 80 valence electrons. The van der Waals surface area contributed by atoms with Gasteiger partial charge in [-0.1, -0.05) is 33.3 Å². The molecule has 0 spiro atoms. The summed E-state index contributed by atoms with van der Waals surface area (Å²) in [6.07, 6.45) is 1.52. The molecule has 1 saturated carbocycles. The predicted molar refractivity (Wildman–Crippen MR) is 60.1 cm³/mol. The molecule has 0 unspecified atom stereocenters. The van der Waals surface area contributed by atoms with Gasteiger partial charge in [0.1, 0.15) is 5.78 Å². The minimum atomic E-state index is 0.194. The summed E-state index contributed by atoms with van der Waals surface area (Å²) >= 11 is 0. The van der Waals surface area contributed by atoms with Crippen LogP contribution in [0.5, 0.6) is 0 Å².